The van der Waals surface area contributed by atoms with E-state index >= 15 is 0 Å². The summed E-state index contributed by atoms with van der Waals surface area (Å²) in [5.74, 6) is 0. The first-order valence-corrected chi connectivity index (χ1v) is 11.6. The fraction of sp³-hybridized carbons (Fsp3) is 0.235. The molecule has 1 aromatic carbocycles. The number of hydrogen-bond acceptors (Lipinski definition) is 7. The second-order valence-electron chi connectivity index (χ2n) is 6.22. The number of nitrogens with zero attached hydrogens (tertiary/aromatic N) is 5. The summed E-state index contributed by atoms with van der Waals surface area (Å²) in [6, 6.07) is 11.4. The lowest BCUT2D eigenvalue weighted by Crippen LogP contribution is -2.27. The Balaban J connectivity index is 1.46. The molecule has 1 fully saturated rings. The number of rotatable bonds is 4. The number of sulfonamides is 1. The van der Waals surface area contributed by atoms with Crippen LogP contribution in [0.1, 0.15) is 12.8 Å². The second-order valence-corrected chi connectivity index (χ2v) is 10.2. The first-order valence-electron chi connectivity index (χ1n) is 8.50. The molecule has 0 bridgehead atoms. The first-order chi connectivity index (χ1) is 13.1. The van der Waals surface area contributed by atoms with Crippen molar-refractivity contribution in [1.82, 2.24) is 23.9 Å². The van der Waals surface area contributed by atoms with E-state index in [2.05, 4.69) is 21.2 Å². The van der Waals surface area contributed by atoms with Crippen LogP contribution in [0.5, 0.6) is 0 Å². The molecule has 0 radical (unpaired) electrons. The van der Waals surface area contributed by atoms with Gasteiger partial charge in [-0.2, -0.15) is 4.31 Å². The highest BCUT2D eigenvalue weighted by molar-refractivity contribution is 7.99. The van der Waals surface area contributed by atoms with Crippen molar-refractivity contribution in [2.45, 2.75) is 27.9 Å². The maximum atomic E-state index is 12.6. The molecule has 0 unspecified atom stereocenters. The van der Waals surface area contributed by atoms with Crippen molar-refractivity contribution in [2.75, 3.05) is 13.1 Å². The van der Waals surface area contributed by atoms with Crippen molar-refractivity contribution in [3.05, 3.63) is 42.6 Å². The average Bonchev–Trinajstić information content (AvgIpc) is 3.40. The van der Waals surface area contributed by atoms with E-state index in [4.69, 9.17) is 0 Å². The van der Waals surface area contributed by atoms with Gasteiger partial charge in [-0.25, -0.2) is 13.4 Å². The summed E-state index contributed by atoms with van der Waals surface area (Å²) in [7, 11) is -3.44. The van der Waals surface area contributed by atoms with Crippen LogP contribution in [0.4, 0.5) is 0 Å². The van der Waals surface area contributed by atoms with Crippen LogP contribution in [-0.2, 0) is 10.0 Å². The minimum Gasteiger partial charge on any atom is -0.260 e. The van der Waals surface area contributed by atoms with Gasteiger partial charge >= 0.3 is 0 Å². The van der Waals surface area contributed by atoms with Gasteiger partial charge in [0, 0.05) is 19.3 Å². The van der Waals surface area contributed by atoms with Crippen molar-refractivity contribution in [2.24, 2.45) is 0 Å². The predicted octanol–water partition coefficient (Wildman–Crippen LogP) is 3.27. The summed E-state index contributed by atoms with van der Waals surface area (Å²) in [5, 5.41) is 9.89. The third-order valence-corrected chi connectivity index (χ3v) is 8.31. The van der Waals surface area contributed by atoms with Crippen LogP contribution < -0.4 is 0 Å². The van der Waals surface area contributed by atoms with E-state index in [1.165, 1.54) is 22.3 Å². The lowest BCUT2D eigenvalue weighted by atomic mass is 10.3. The van der Waals surface area contributed by atoms with Gasteiger partial charge in [-0.05, 0) is 48.9 Å². The summed E-state index contributed by atoms with van der Waals surface area (Å²) in [4.78, 5) is 5.40. The van der Waals surface area contributed by atoms with Crippen LogP contribution in [0.2, 0.25) is 0 Å². The fourth-order valence-electron chi connectivity index (χ4n) is 3.17. The molecule has 4 heterocycles. The molecule has 7 nitrogen and oxygen atoms in total. The van der Waals surface area contributed by atoms with E-state index in [0.717, 1.165) is 28.0 Å². The molecule has 0 atom stereocenters. The first kappa shape index (κ1) is 17.1. The Bertz CT molecular complexity index is 1220. The molecule has 1 aliphatic rings. The van der Waals surface area contributed by atoms with Gasteiger partial charge in [0.05, 0.1) is 10.2 Å². The molecule has 3 aromatic heterocycles. The molecule has 138 valence electrons. The van der Waals surface area contributed by atoms with Gasteiger partial charge in [-0.1, -0.05) is 23.5 Å². The van der Waals surface area contributed by atoms with Crippen molar-refractivity contribution < 1.29 is 8.42 Å². The zero-order valence-electron chi connectivity index (χ0n) is 14.1. The van der Waals surface area contributed by atoms with Crippen molar-refractivity contribution >= 4 is 48.3 Å². The third-order valence-electron chi connectivity index (χ3n) is 4.52. The number of hydrogen-bond donors (Lipinski definition) is 0. The molecule has 27 heavy (non-hydrogen) atoms. The average molecular weight is 418 g/mol. The van der Waals surface area contributed by atoms with E-state index in [-0.39, 0.29) is 4.90 Å². The monoisotopic (exact) mass is 417 g/mol. The molecule has 1 aliphatic heterocycles. The van der Waals surface area contributed by atoms with Crippen LogP contribution in [0.3, 0.4) is 0 Å². The van der Waals surface area contributed by atoms with Crippen LogP contribution in [0.15, 0.2) is 57.7 Å². The number of benzene rings is 1. The number of pyridine rings is 1. The van der Waals surface area contributed by atoms with Gasteiger partial charge in [0.1, 0.15) is 9.92 Å². The van der Waals surface area contributed by atoms with Crippen molar-refractivity contribution in [3.8, 4) is 0 Å². The van der Waals surface area contributed by atoms with E-state index in [1.807, 2.05) is 22.6 Å². The molecule has 0 spiro atoms. The Kier molecular flexibility index (Phi) is 4.15. The van der Waals surface area contributed by atoms with E-state index in [0.29, 0.717) is 23.3 Å². The summed E-state index contributed by atoms with van der Waals surface area (Å²) in [6.45, 7) is 1.17. The largest absolute Gasteiger partial charge is 0.260 e. The van der Waals surface area contributed by atoms with Crippen molar-refractivity contribution in [1.29, 1.82) is 0 Å². The molecular formula is C17H15N5O2S3. The summed E-state index contributed by atoms with van der Waals surface area (Å²) < 4.78 is 29.9. The summed E-state index contributed by atoms with van der Waals surface area (Å²) >= 11 is 2.96. The molecule has 0 amide bonds. The van der Waals surface area contributed by atoms with Gasteiger partial charge in [-0.3, -0.25) is 4.40 Å². The number of aromatic nitrogens is 4. The van der Waals surface area contributed by atoms with Crippen LogP contribution in [0, 0.1) is 0 Å². The minimum absolute atomic E-state index is 0.237. The lowest BCUT2D eigenvalue weighted by Gasteiger charge is -2.15. The van der Waals surface area contributed by atoms with Gasteiger partial charge in [0.25, 0.3) is 0 Å². The van der Waals surface area contributed by atoms with Gasteiger partial charge in [0.15, 0.2) is 0 Å². The fourth-order valence-corrected chi connectivity index (χ4v) is 6.44. The molecule has 10 heteroatoms. The quantitative estimate of drug-likeness (QED) is 0.507. The highest BCUT2D eigenvalue weighted by Gasteiger charge is 2.27. The molecular weight excluding hydrogens is 402 g/mol. The van der Waals surface area contributed by atoms with Crippen LogP contribution >= 0.6 is 23.1 Å². The Hall–Kier alpha value is -2.01. The maximum absolute atomic E-state index is 12.6. The second kappa shape index (κ2) is 6.55. The normalized spacial score (nSPS) is 15.9. The van der Waals surface area contributed by atoms with E-state index in [9.17, 15) is 8.42 Å². The lowest BCUT2D eigenvalue weighted by molar-refractivity contribution is 0.477. The summed E-state index contributed by atoms with van der Waals surface area (Å²) in [5.41, 5.74) is 1.05. The molecule has 5 rings (SSSR count). The molecule has 0 saturated carbocycles. The summed E-state index contributed by atoms with van der Waals surface area (Å²) in [6.07, 6.45) is 3.26. The Labute approximate surface area is 164 Å². The van der Waals surface area contributed by atoms with Crippen LogP contribution in [0.25, 0.3) is 15.2 Å². The third kappa shape index (κ3) is 2.92. The van der Waals surface area contributed by atoms with E-state index in [1.54, 1.807) is 23.5 Å². The predicted molar refractivity (Wildman–Crippen MR) is 105 cm³/mol. The van der Waals surface area contributed by atoms with Gasteiger partial charge in [-0.15, -0.1) is 10.2 Å². The smallest absolute Gasteiger partial charge is 0.244 e. The highest BCUT2D eigenvalue weighted by Crippen LogP contribution is 2.32. The standard InChI is InChI=1S/C17H15N5O2S3/c23-27(24,21-9-3-4-10-21)12-7-8-15(18-11-12)26-17-20-19-16-22(17)13-5-1-2-6-14(13)25-16/h1-2,5-8,11H,3-4,9-10H2. The van der Waals surface area contributed by atoms with E-state index < -0.39 is 10.0 Å². The number of fused-ring (bicyclic) bond motifs is 3. The maximum Gasteiger partial charge on any atom is 0.244 e. The molecule has 4 aromatic rings. The Morgan fingerprint density at radius 2 is 1.85 bits per heavy atom. The SMILES string of the molecule is O=S(=O)(c1ccc(Sc2nnc3sc4ccccc4n23)nc1)N1CCCC1. The highest BCUT2D eigenvalue weighted by atomic mass is 32.2. The van der Waals surface area contributed by atoms with Gasteiger partial charge in [0.2, 0.25) is 20.1 Å². The Morgan fingerprint density at radius 1 is 1.04 bits per heavy atom. The zero-order chi connectivity index (χ0) is 18.4. The number of thiazole rings is 1. The molecule has 0 aliphatic carbocycles. The molecule has 1 saturated heterocycles. The Morgan fingerprint density at radius 3 is 2.63 bits per heavy atom. The molecule has 0 N–H and O–H groups in total. The van der Waals surface area contributed by atoms with Crippen molar-refractivity contribution in [3.63, 3.8) is 0 Å². The number of para-hydroxylation sites is 1. The minimum atomic E-state index is -3.44. The zero-order valence-corrected chi connectivity index (χ0v) is 16.6. The topological polar surface area (TPSA) is 80.5 Å². The van der Waals surface area contributed by atoms with Crippen LogP contribution in [-0.4, -0.2) is 45.4 Å². The van der Waals surface area contributed by atoms with Gasteiger partial charge < -0.3 is 0 Å².